The van der Waals surface area contributed by atoms with Crippen LogP contribution in [0.15, 0.2) is 51.3 Å². The molecule has 4 heteroatoms. The first-order valence-electron chi connectivity index (χ1n) is 4.23. The van der Waals surface area contributed by atoms with Crippen molar-refractivity contribution in [1.82, 2.24) is 5.43 Å². The number of hydrogen-bond donors (Lipinski definition) is 0. The van der Waals surface area contributed by atoms with E-state index in [4.69, 9.17) is 4.42 Å². The molecule has 0 spiro atoms. The molecule has 3 rings (SSSR count). The minimum atomic E-state index is 0.668. The van der Waals surface area contributed by atoms with Gasteiger partial charge in [-0.15, -0.1) is 10.5 Å². The molecular formula is C10H6N3O. The van der Waals surface area contributed by atoms with Crippen LogP contribution in [0.1, 0.15) is 5.76 Å². The lowest BCUT2D eigenvalue weighted by atomic mass is 10.2. The van der Waals surface area contributed by atoms with E-state index in [2.05, 4.69) is 15.8 Å². The summed E-state index contributed by atoms with van der Waals surface area (Å²) in [6.07, 6.45) is 1.58. The molecule has 0 unspecified atom stereocenters. The topological polar surface area (TPSA) is 52.0 Å². The molecule has 0 bridgehead atoms. The number of furan rings is 1. The number of para-hydroxylation sites is 1. The Morgan fingerprint density at radius 2 is 2.07 bits per heavy atom. The van der Waals surface area contributed by atoms with Gasteiger partial charge in [0.25, 0.3) is 0 Å². The van der Waals surface area contributed by atoms with Gasteiger partial charge in [0.1, 0.15) is 5.58 Å². The van der Waals surface area contributed by atoms with Crippen molar-refractivity contribution in [2.24, 2.45) is 10.3 Å². The largest absolute Gasteiger partial charge is 0.454 e. The molecular weight excluding hydrogens is 178 g/mol. The summed E-state index contributed by atoms with van der Waals surface area (Å²) in [4.78, 5) is 0. The van der Waals surface area contributed by atoms with Gasteiger partial charge in [-0.3, -0.25) is 0 Å². The Balaban J connectivity index is 2.19. The van der Waals surface area contributed by atoms with Gasteiger partial charge < -0.3 is 4.42 Å². The van der Waals surface area contributed by atoms with Crippen LogP contribution in [0.25, 0.3) is 16.7 Å². The molecule has 0 amide bonds. The molecule has 1 radical (unpaired) electrons. The minimum Gasteiger partial charge on any atom is -0.454 e. The van der Waals surface area contributed by atoms with Crippen LogP contribution in [0.5, 0.6) is 0 Å². The summed E-state index contributed by atoms with van der Waals surface area (Å²) in [5.41, 5.74) is 5.17. The Labute approximate surface area is 79.9 Å². The highest BCUT2D eigenvalue weighted by Gasteiger charge is 2.10. The second kappa shape index (κ2) is 2.70. The van der Waals surface area contributed by atoms with E-state index < -0.39 is 0 Å². The second-order valence-corrected chi connectivity index (χ2v) is 2.97. The molecule has 0 N–H and O–H groups in total. The predicted molar refractivity (Wildman–Crippen MR) is 51.2 cm³/mol. The van der Waals surface area contributed by atoms with Crippen LogP contribution in [0, 0.1) is 0 Å². The first kappa shape index (κ1) is 7.32. The molecule has 1 aliphatic heterocycles. The Morgan fingerprint density at radius 3 is 2.86 bits per heavy atom. The Hall–Kier alpha value is -2.10. The van der Waals surface area contributed by atoms with Crippen LogP contribution in [0.3, 0.4) is 0 Å². The van der Waals surface area contributed by atoms with Gasteiger partial charge in [-0.2, -0.15) is 0 Å². The zero-order valence-corrected chi connectivity index (χ0v) is 7.21. The van der Waals surface area contributed by atoms with E-state index in [1.807, 2.05) is 30.3 Å². The summed E-state index contributed by atoms with van der Waals surface area (Å²) in [7, 11) is 0. The summed E-state index contributed by atoms with van der Waals surface area (Å²) in [5, 5.41) is 8.40. The monoisotopic (exact) mass is 184 g/mol. The fraction of sp³-hybridized carbons (Fsp3) is 0. The fourth-order valence-electron chi connectivity index (χ4n) is 1.40. The van der Waals surface area contributed by atoms with Gasteiger partial charge in [0, 0.05) is 5.39 Å². The van der Waals surface area contributed by atoms with Crippen molar-refractivity contribution in [3.8, 4) is 0 Å². The summed E-state index contributed by atoms with van der Waals surface area (Å²) >= 11 is 0. The highest BCUT2D eigenvalue weighted by atomic mass is 16.3. The summed E-state index contributed by atoms with van der Waals surface area (Å²) < 4.78 is 5.57. The number of hydrogen-bond acceptors (Lipinski definition) is 3. The normalized spacial score (nSPS) is 14.4. The van der Waals surface area contributed by atoms with Crippen LogP contribution < -0.4 is 5.43 Å². The maximum absolute atomic E-state index is 5.57. The molecule has 0 fully saturated rings. The Morgan fingerprint density at radius 1 is 1.14 bits per heavy atom. The molecule has 1 aliphatic rings. The fourth-order valence-corrected chi connectivity index (χ4v) is 1.40. The molecule has 0 atom stereocenters. The van der Waals surface area contributed by atoms with Gasteiger partial charge >= 0.3 is 0 Å². The van der Waals surface area contributed by atoms with E-state index >= 15 is 0 Å². The van der Waals surface area contributed by atoms with E-state index in [9.17, 15) is 0 Å². The Bertz CT molecular complexity index is 506. The number of rotatable bonds is 1. The van der Waals surface area contributed by atoms with Crippen LogP contribution in [-0.2, 0) is 0 Å². The average Bonchev–Trinajstić information content (AvgIpc) is 2.86. The lowest BCUT2D eigenvalue weighted by Crippen LogP contribution is -1.74. The first-order chi connectivity index (χ1) is 6.93. The third kappa shape index (κ3) is 1.01. The standard InChI is InChI=1S/C10H6N3O/c1-2-4-9-7(3-1)5-10(14-9)8-6-11-13-12-8/h1-6H. The van der Waals surface area contributed by atoms with Gasteiger partial charge in [-0.25, -0.2) is 0 Å². The van der Waals surface area contributed by atoms with Gasteiger partial charge in [0.15, 0.2) is 11.5 Å². The molecule has 0 saturated carbocycles. The summed E-state index contributed by atoms with van der Waals surface area (Å²) in [5.74, 6) is 0.705. The molecule has 4 nitrogen and oxygen atoms in total. The maximum Gasteiger partial charge on any atom is 0.157 e. The quantitative estimate of drug-likeness (QED) is 0.672. The third-order valence-electron chi connectivity index (χ3n) is 2.06. The minimum absolute atomic E-state index is 0.668. The van der Waals surface area contributed by atoms with Crippen molar-refractivity contribution < 1.29 is 4.42 Å². The van der Waals surface area contributed by atoms with Crippen LogP contribution in [-0.4, -0.2) is 0 Å². The molecule has 2 heterocycles. The van der Waals surface area contributed by atoms with Crippen LogP contribution >= 0.6 is 0 Å². The van der Waals surface area contributed by atoms with Crippen molar-refractivity contribution in [2.75, 3.05) is 0 Å². The van der Waals surface area contributed by atoms with Gasteiger partial charge in [-0.1, -0.05) is 18.2 Å². The van der Waals surface area contributed by atoms with E-state index in [1.54, 1.807) is 6.20 Å². The van der Waals surface area contributed by atoms with E-state index in [0.717, 1.165) is 11.0 Å². The smallest absolute Gasteiger partial charge is 0.157 e. The van der Waals surface area contributed by atoms with Gasteiger partial charge in [-0.05, 0) is 17.4 Å². The summed E-state index contributed by atoms with van der Waals surface area (Å²) in [6, 6.07) is 9.75. The lowest BCUT2D eigenvalue weighted by Gasteiger charge is -1.86. The van der Waals surface area contributed by atoms with Gasteiger partial charge in [0.2, 0.25) is 0 Å². The van der Waals surface area contributed by atoms with Crippen molar-refractivity contribution >= 4 is 16.7 Å². The van der Waals surface area contributed by atoms with E-state index in [-0.39, 0.29) is 0 Å². The van der Waals surface area contributed by atoms with Crippen molar-refractivity contribution in [2.45, 2.75) is 0 Å². The average molecular weight is 184 g/mol. The molecule has 14 heavy (non-hydrogen) atoms. The van der Waals surface area contributed by atoms with E-state index in [1.165, 1.54) is 0 Å². The van der Waals surface area contributed by atoms with Crippen molar-refractivity contribution in [3.63, 3.8) is 0 Å². The lowest BCUT2D eigenvalue weighted by molar-refractivity contribution is 0.598. The number of fused-ring (bicyclic) bond motifs is 1. The zero-order chi connectivity index (χ0) is 9.38. The van der Waals surface area contributed by atoms with Crippen molar-refractivity contribution in [3.05, 3.63) is 42.3 Å². The third-order valence-corrected chi connectivity index (χ3v) is 2.06. The number of benzene rings is 1. The summed E-state index contributed by atoms with van der Waals surface area (Å²) in [6.45, 7) is 0. The molecule has 1 aromatic carbocycles. The predicted octanol–water partition coefficient (Wildman–Crippen LogP) is 2.72. The van der Waals surface area contributed by atoms with Gasteiger partial charge in [0.05, 0.1) is 6.20 Å². The molecule has 2 aromatic rings. The second-order valence-electron chi connectivity index (χ2n) is 2.97. The SMILES string of the molecule is C1=C(c2cc3ccccc3o2)N=N[N]1. The molecule has 0 saturated heterocycles. The van der Waals surface area contributed by atoms with Crippen LogP contribution in [0.2, 0.25) is 0 Å². The van der Waals surface area contributed by atoms with Crippen LogP contribution in [0.4, 0.5) is 0 Å². The molecule has 1 aromatic heterocycles. The highest BCUT2D eigenvalue weighted by Crippen LogP contribution is 2.26. The first-order valence-corrected chi connectivity index (χ1v) is 4.23. The van der Waals surface area contributed by atoms with Crippen molar-refractivity contribution in [1.29, 1.82) is 0 Å². The highest BCUT2D eigenvalue weighted by molar-refractivity contribution is 5.81. The van der Waals surface area contributed by atoms with E-state index in [0.29, 0.717) is 11.5 Å². The molecule has 67 valence electrons. The zero-order valence-electron chi connectivity index (χ0n) is 7.21. The maximum atomic E-state index is 5.57. The molecule has 0 aliphatic carbocycles. The number of nitrogens with zero attached hydrogens (tertiary/aromatic N) is 3. The Kier molecular flexibility index (Phi) is 1.41.